The molecule has 0 amide bonds. The molecule has 0 N–H and O–H groups in total. The predicted octanol–water partition coefficient (Wildman–Crippen LogP) is 5.50. The third-order valence-electron chi connectivity index (χ3n) is 5.69. The van der Waals surface area contributed by atoms with Gasteiger partial charge >= 0.3 is 0 Å². The molecule has 4 aromatic rings. The lowest BCUT2D eigenvalue weighted by Gasteiger charge is -2.30. The predicted molar refractivity (Wildman–Crippen MR) is 106 cm³/mol. The molecule has 1 aliphatic rings. The molecule has 3 aromatic carbocycles. The summed E-state index contributed by atoms with van der Waals surface area (Å²) in [4.78, 5) is 0. The van der Waals surface area contributed by atoms with Crippen LogP contribution in [-0.2, 0) is 6.54 Å². The summed E-state index contributed by atoms with van der Waals surface area (Å²) in [6.45, 7) is 3.20. The zero-order chi connectivity index (χ0) is 17.7. The summed E-state index contributed by atoms with van der Waals surface area (Å²) in [5, 5.41) is 1.36. The van der Waals surface area contributed by atoms with E-state index in [1.165, 1.54) is 38.9 Å². The summed E-state index contributed by atoms with van der Waals surface area (Å²) in [6.07, 6.45) is 0. The van der Waals surface area contributed by atoms with Gasteiger partial charge in [-0.15, -0.1) is 0 Å². The van der Waals surface area contributed by atoms with Gasteiger partial charge in [0, 0.05) is 29.1 Å². The number of methoxy groups -OCH3 is 1. The highest BCUT2D eigenvalue weighted by Gasteiger charge is 2.30. The van der Waals surface area contributed by atoms with Gasteiger partial charge in [-0.1, -0.05) is 54.6 Å². The number of fused-ring (bicyclic) bond motifs is 4. The SMILES string of the molecule is COc1ccc(C2c3ccccc3Cn3c2c(C)c2ccccc23)cc1. The van der Waals surface area contributed by atoms with Crippen molar-refractivity contribution >= 4 is 10.9 Å². The molecule has 5 rings (SSSR count). The number of aromatic nitrogens is 1. The number of para-hydroxylation sites is 1. The quantitative estimate of drug-likeness (QED) is 0.414. The molecular weight excluding hydrogens is 318 g/mol. The van der Waals surface area contributed by atoms with E-state index in [9.17, 15) is 0 Å². The smallest absolute Gasteiger partial charge is 0.118 e. The maximum absolute atomic E-state index is 5.36. The average molecular weight is 339 g/mol. The van der Waals surface area contributed by atoms with E-state index in [1.807, 2.05) is 0 Å². The number of aryl methyl sites for hydroxylation is 1. The van der Waals surface area contributed by atoms with Crippen LogP contribution in [0.25, 0.3) is 10.9 Å². The van der Waals surface area contributed by atoms with E-state index >= 15 is 0 Å². The minimum Gasteiger partial charge on any atom is -0.497 e. The van der Waals surface area contributed by atoms with E-state index in [-0.39, 0.29) is 5.92 Å². The Morgan fingerprint density at radius 2 is 1.62 bits per heavy atom. The molecule has 2 nitrogen and oxygen atoms in total. The first-order valence-corrected chi connectivity index (χ1v) is 9.07. The van der Waals surface area contributed by atoms with E-state index in [0.29, 0.717) is 0 Å². The number of hydrogen-bond donors (Lipinski definition) is 0. The highest BCUT2D eigenvalue weighted by Crippen LogP contribution is 2.43. The highest BCUT2D eigenvalue weighted by atomic mass is 16.5. The third kappa shape index (κ3) is 2.12. The van der Waals surface area contributed by atoms with Crippen molar-refractivity contribution in [2.24, 2.45) is 0 Å². The molecule has 1 aromatic heterocycles. The van der Waals surface area contributed by atoms with Crippen LogP contribution in [0.15, 0.2) is 72.8 Å². The number of rotatable bonds is 2. The summed E-state index contributed by atoms with van der Waals surface area (Å²) in [7, 11) is 1.72. The van der Waals surface area contributed by atoms with Gasteiger partial charge in [0.25, 0.3) is 0 Å². The molecule has 2 heteroatoms. The summed E-state index contributed by atoms with van der Waals surface area (Å²) in [5.41, 5.74) is 8.25. The Kier molecular flexibility index (Phi) is 3.39. The van der Waals surface area contributed by atoms with Gasteiger partial charge in [-0.3, -0.25) is 0 Å². The Bertz CT molecular complexity index is 1100. The van der Waals surface area contributed by atoms with Crippen LogP contribution in [-0.4, -0.2) is 11.7 Å². The molecule has 1 unspecified atom stereocenters. The Morgan fingerprint density at radius 1 is 0.885 bits per heavy atom. The zero-order valence-electron chi connectivity index (χ0n) is 15.1. The van der Waals surface area contributed by atoms with E-state index in [4.69, 9.17) is 4.74 Å². The van der Waals surface area contributed by atoms with Crippen LogP contribution in [0, 0.1) is 6.92 Å². The largest absolute Gasteiger partial charge is 0.497 e. The molecule has 1 atom stereocenters. The maximum atomic E-state index is 5.36. The van der Waals surface area contributed by atoms with E-state index < -0.39 is 0 Å². The van der Waals surface area contributed by atoms with Gasteiger partial charge in [-0.05, 0) is 47.4 Å². The average Bonchev–Trinajstić information content (AvgIpc) is 2.99. The van der Waals surface area contributed by atoms with Crippen LogP contribution in [0.2, 0.25) is 0 Å². The second kappa shape index (κ2) is 5.77. The second-order valence-electron chi connectivity index (χ2n) is 7.02. The van der Waals surface area contributed by atoms with Crippen molar-refractivity contribution in [1.29, 1.82) is 0 Å². The molecule has 0 saturated carbocycles. The van der Waals surface area contributed by atoms with E-state index in [1.54, 1.807) is 7.11 Å². The van der Waals surface area contributed by atoms with Gasteiger partial charge in [0.15, 0.2) is 0 Å². The van der Waals surface area contributed by atoms with Crippen LogP contribution < -0.4 is 4.74 Å². The Hall–Kier alpha value is -3.00. The summed E-state index contributed by atoms with van der Waals surface area (Å²) >= 11 is 0. The first-order valence-electron chi connectivity index (χ1n) is 9.07. The minimum atomic E-state index is 0.248. The molecule has 0 aliphatic carbocycles. The minimum absolute atomic E-state index is 0.248. The first-order chi connectivity index (χ1) is 12.8. The summed E-state index contributed by atoms with van der Waals surface area (Å²) in [5.74, 6) is 1.15. The van der Waals surface area contributed by atoms with Crippen molar-refractivity contribution in [2.45, 2.75) is 19.4 Å². The molecule has 26 heavy (non-hydrogen) atoms. The monoisotopic (exact) mass is 339 g/mol. The first kappa shape index (κ1) is 15.3. The Morgan fingerprint density at radius 3 is 2.42 bits per heavy atom. The fraction of sp³-hybridized carbons (Fsp3) is 0.167. The van der Waals surface area contributed by atoms with Crippen molar-refractivity contribution in [2.75, 3.05) is 7.11 Å². The van der Waals surface area contributed by atoms with E-state index in [0.717, 1.165) is 12.3 Å². The Balaban J connectivity index is 1.81. The fourth-order valence-corrected chi connectivity index (χ4v) is 4.45. The topological polar surface area (TPSA) is 14.2 Å². The van der Waals surface area contributed by atoms with Gasteiger partial charge in [0.05, 0.1) is 7.11 Å². The van der Waals surface area contributed by atoms with Crippen molar-refractivity contribution in [3.63, 3.8) is 0 Å². The van der Waals surface area contributed by atoms with Crippen LogP contribution in [0.3, 0.4) is 0 Å². The van der Waals surface area contributed by atoms with E-state index in [2.05, 4.69) is 84.3 Å². The fourth-order valence-electron chi connectivity index (χ4n) is 4.45. The van der Waals surface area contributed by atoms with Gasteiger partial charge in [-0.2, -0.15) is 0 Å². The van der Waals surface area contributed by atoms with Crippen molar-refractivity contribution in [1.82, 2.24) is 4.57 Å². The molecular formula is C24H21NO. The van der Waals surface area contributed by atoms with Crippen LogP contribution in [0.5, 0.6) is 5.75 Å². The van der Waals surface area contributed by atoms with Gasteiger partial charge in [-0.25, -0.2) is 0 Å². The van der Waals surface area contributed by atoms with Gasteiger partial charge in [0.2, 0.25) is 0 Å². The molecule has 0 radical (unpaired) electrons. The maximum Gasteiger partial charge on any atom is 0.118 e. The number of nitrogens with zero attached hydrogens (tertiary/aromatic N) is 1. The second-order valence-corrected chi connectivity index (χ2v) is 7.02. The van der Waals surface area contributed by atoms with Gasteiger partial charge in [0.1, 0.15) is 5.75 Å². The lowest BCUT2D eigenvalue weighted by atomic mass is 9.82. The normalized spacial score (nSPS) is 15.5. The van der Waals surface area contributed by atoms with Crippen molar-refractivity contribution in [3.05, 3.63) is 101 Å². The molecule has 0 spiro atoms. The zero-order valence-corrected chi connectivity index (χ0v) is 15.1. The molecule has 1 aliphatic heterocycles. The Labute approximate surface area is 153 Å². The summed E-state index contributed by atoms with van der Waals surface area (Å²) in [6, 6.07) is 26.1. The molecule has 0 fully saturated rings. The number of hydrogen-bond acceptors (Lipinski definition) is 1. The van der Waals surface area contributed by atoms with Crippen LogP contribution >= 0.6 is 0 Å². The van der Waals surface area contributed by atoms with Crippen molar-refractivity contribution < 1.29 is 4.74 Å². The number of ether oxygens (including phenoxy) is 1. The molecule has 0 saturated heterocycles. The molecule has 128 valence electrons. The lowest BCUT2D eigenvalue weighted by Crippen LogP contribution is -2.20. The standard InChI is InChI=1S/C24H21NO/c1-16-20-8-5-6-10-22(20)25-15-18-7-3-4-9-21(18)23(24(16)25)17-11-13-19(26-2)14-12-17/h3-14,23H,15H2,1-2H3. The molecule has 0 bridgehead atoms. The summed E-state index contributed by atoms with van der Waals surface area (Å²) < 4.78 is 7.86. The number of benzene rings is 3. The van der Waals surface area contributed by atoms with Crippen LogP contribution in [0.4, 0.5) is 0 Å². The molecule has 2 heterocycles. The highest BCUT2D eigenvalue weighted by molar-refractivity contribution is 5.86. The lowest BCUT2D eigenvalue weighted by molar-refractivity contribution is 0.414. The van der Waals surface area contributed by atoms with Crippen LogP contribution in [0.1, 0.15) is 33.9 Å². The van der Waals surface area contributed by atoms with Gasteiger partial charge < -0.3 is 9.30 Å². The third-order valence-corrected chi connectivity index (χ3v) is 5.69. The van der Waals surface area contributed by atoms with Crippen molar-refractivity contribution in [3.8, 4) is 5.75 Å².